The molecular formula is C18H21F4NO4. The van der Waals surface area contributed by atoms with Gasteiger partial charge in [-0.25, -0.2) is 9.18 Å². The zero-order chi connectivity index (χ0) is 20.2. The number of hydrogen-bond acceptors (Lipinski definition) is 3. The van der Waals surface area contributed by atoms with Gasteiger partial charge in [0.25, 0.3) is 0 Å². The SMILES string of the molecule is COc1ccc(C(NC(=O)CC2CCC(C(F)(F)F)CC2)C(=O)O)cc1F. The molecule has 0 saturated heterocycles. The summed E-state index contributed by atoms with van der Waals surface area (Å²) in [7, 11) is 1.27. The average Bonchev–Trinajstić information content (AvgIpc) is 2.59. The second-order valence-corrected chi connectivity index (χ2v) is 6.70. The van der Waals surface area contributed by atoms with Gasteiger partial charge in [-0.2, -0.15) is 13.2 Å². The van der Waals surface area contributed by atoms with Gasteiger partial charge in [0.15, 0.2) is 17.6 Å². The molecule has 1 aliphatic carbocycles. The number of methoxy groups -OCH3 is 1. The molecule has 2 rings (SSSR count). The maximum Gasteiger partial charge on any atom is 0.391 e. The Morgan fingerprint density at radius 1 is 1.26 bits per heavy atom. The Bertz CT molecular complexity index is 684. The van der Waals surface area contributed by atoms with E-state index in [0.717, 1.165) is 6.07 Å². The van der Waals surface area contributed by atoms with Gasteiger partial charge in [-0.1, -0.05) is 6.07 Å². The number of carboxylic acids is 1. The quantitative estimate of drug-likeness (QED) is 0.723. The minimum atomic E-state index is -4.22. The molecule has 27 heavy (non-hydrogen) atoms. The van der Waals surface area contributed by atoms with Gasteiger partial charge < -0.3 is 15.2 Å². The molecular weight excluding hydrogens is 370 g/mol. The summed E-state index contributed by atoms with van der Waals surface area (Å²) < 4.78 is 56.6. The van der Waals surface area contributed by atoms with Crippen LogP contribution in [0.25, 0.3) is 0 Å². The molecule has 150 valence electrons. The number of carboxylic acid groups (broad SMARTS) is 1. The topological polar surface area (TPSA) is 75.6 Å². The molecule has 1 amide bonds. The van der Waals surface area contributed by atoms with Crippen LogP contribution in [0.1, 0.15) is 43.7 Å². The van der Waals surface area contributed by atoms with Crippen LogP contribution in [0, 0.1) is 17.7 Å². The fourth-order valence-corrected chi connectivity index (χ4v) is 3.33. The summed E-state index contributed by atoms with van der Waals surface area (Å²) in [6.07, 6.45) is -3.84. The third kappa shape index (κ3) is 5.58. The van der Waals surface area contributed by atoms with Crippen molar-refractivity contribution in [2.45, 2.75) is 44.3 Å². The maximum absolute atomic E-state index is 13.8. The zero-order valence-electron chi connectivity index (χ0n) is 14.7. The van der Waals surface area contributed by atoms with E-state index in [1.54, 1.807) is 0 Å². The van der Waals surface area contributed by atoms with Gasteiger partial charge in [-0.3, -0.25) is 4.79 Å². The van der Waals surface area contributed by atoms with Crippen LogP contribution >= 0.6 is 0 Å². The molecule has 1 aliphatic rings. The fourth-order valence-electron chi connectivity index (χ4n) is 3.33. The van der Waals surface area contributed by atoms with Gasteiger partial charge in [0, 0.05) is 6.42 Å². The first-order valence-electron chi connectivity index (χ1n) is 8.54. The number of carbonyl (C=O) groups excluding carboxylic acids is 1. The van der Waals surface area contributed by atoms with Gasteiger partial charge in [0.1, 0.15) is 0 Å². The van der Waals surface area contributed by atoms with E-state index in [2.05, 4.69) is 5.32 Å². The van der Waals surface area contributed by atoms with E-state index in [4.69, 9.17) is 4.74 Å². The molecule has 1 saturated carbocycles. The Labute approximate surface area is 153 Å². The number of rotatable bonds is 6. The highest BCUT2D eigenvalue weighted by Crippen LogP contribution is 2.40. The largest absolute Gasteiger partial charge is 0.494 e. The third-order valence-corrected chi connectivity index (χ3v) is 4.85. The number of hydrogen-bond donors (Lipinski definition) is 2. The number of aliphatic carboxylic acids is 1. The lowest BCUT2D eigenvalue weighted by Gasteiger charge is -2.29. The average molecular weight is 391 g/mol. The van der Waals surface area contributed by atoms with Crippen molar-refractivity contribution < 1.29 is 37.0 Å². The molecule has 0 radical (unpaired) electrons. The molecule has 0 aromatic heterocycles. The van der Waals surface area contributed by atoms with Gasteiger partial charge in [0.05, 0.1) is 13.0 Å². The summed E-state index contributed by atoms with van der Waals surface area (Å²) >= 11 is 0. The predicted molar refractivity (Wildman–Crippen MR) is 87.6 cm³/mol. The highest BCUT2D eigenvalue weighted by molar-refractivity contribution is 5.84. The monoisotopic (exact) mass is 391 g/mol. The van der Waals surface area contributed by atoms with E-state index < -0.39 is 35.8 Å². The number of halogens is 4. The van der Waals surface area contributed by atoms with Gasteiger partial charge >= 0.3 is 12.1 Å². The van der Waals surface area contributed by atoms with E-state index in [1.165, 1.54) is 19.2 Å². The van der Waals surface area contributed by atoms with E-state index in [-0.39, 0.29) is 49.3 Å². The summed E-state index contributed by atoms with van der Waals surface area (Å²) in [5.41, 5.74) is 0.0370. The molecule has 0 spiro atoms. The smallest absolute Gasteiger partial charge is 0.391 e. The summed E-state index contributed by atoms with van der Waals surface area (Å²) in [5.74, 6) is -4.35. The highest BCUT2D eigenvalue weighted by atomic mass is 19.4. The lowest BCUT2D eigenvalue weighted by molar-refractivity contribution is -0.184. The molecule has 0 aliphatic heterocycles. The van der Waals surface area contributed by atoms with Crippen molar-refractivity contribution in [1.29, 1.82) is 0 Å². The van der Waals surface area contributed by atoms with Crippen LogP contribution in [0.15, 0.2) is 18.2 Å². The summed E-state index contributed by atoms with van der Waals surface area (Å²) in [6.45, 7) is 0. The second kappa shape index (κ2) is 8.58. The summed E-state index contributed by atoms with van der Waals surface area (Å²) in [4.78, 5) is 23.6. The van der Waals surface area contributed by atoms with Crippen LogP contribution in [0.5, 0.6) is 5.75 Å². The summed E-state index contributed by atoms with van der Waals surface area (Å²) in [6, 6.07) is 2.09. The van der Waals surface area contributed by atoms with Gasteiger partial charge in [-0.05, 0) is 49.3 Å². The van der Waals surface area contributed by atoms with E-state index >= 15 is 0 Å². The van der Waals surface area contributed by atoms with E-state index in [1.807, 2.05) is 0 Å². The maximum atomic E-state index is 13.8. The lowest BCUT2D eigenvalue weighted by atomic mass is 9.80. The van der Waals surface area contributed by atoms with Crippen molar-refractivity contribution in [1.82, 2.24) is 5.32 Å². The predicted octanol–water partition coefficient (Wildman–Crippen LogP) is 3.84. The van der Waals surface area contributed by atoms with Crippen molar-refractivity contribution in [3.63, 3.8) is 0 Å². The van der Waals surface area contributed by atoms with Crippen LogP contribution in [0.3, 0.4) is 0 Å². The molecule has 1 aromatic carbocycles. The molecule has 0 heterocycles. The number of ether oxygens (including phenoxy) is 1. The van der Waals surface area contributed by atoms with E-state index in [9.17, 15) is 32.3 Å². The normalized spacial score (nSPS) is 21.4. The second-order valence-electron chi connectivity index (χ2n) is 6.70. The van der Waals surface area contributed by atoms with E-state index in [0.29, 0.717) is 0 Å². The first-order valence-corrected chi connectivity index (χ1v) is 8.54. The van der Waals surface area contributed by atoms with Crippen molar-refractivity contribution in [3.8, 4) is 5.75 Å². The Morgan fingerprint density at radius 3 is 2.37 bits per heavy atom. The number of carbonyl (C=O) groups is 2. The Morgan fingerprint density at radius 2 is 1.89 bits per heavy atom. The number of alkyl halides is 3. The molecule has 2 N–H and O–H groups in total. The Kier molecular flexibility index (Phi) is 6.67. The standard InChI is InChI=1S/C18H21F4NO4/c1-27-14-7-4-11(9-13(14)19)16(17(25)26)23-15(24)8-10-2-5-12(6-3-10)18(20,21)22/h4,7,9-10,12,16H,2-3,5-6,8H2,1H3,(H,23,24)(H,25,26). The number of benzene rings is 1. The van der Waals surface area contributed by atoms with Crippen LogP contribution in [0.2, 0.25) is 0 Å². The summed E-state index contributed by atoms with van der Waals surface area (Å²) in [5, 5.41) is 11.6. The molecule has 0 bridgehead atoms. The number of amides is 1. The third-order valence-electron chi connectivity index (χ3n) is 4.85. The highest BCUT2D eigenvalue weighted by Gasteiger charge is 2.41. The minimum Gasteiger partial charge on any atom is -0.494 e. The van der Waals surface area contributed by atoms with Crippen LogP contribution in [-0.4, -0.2) is 30.3 Å². The molecule has 5 nitrogen and oxygen atoms in total. The fraction of sp³-hybridized carbons (Fsp3) is 0.556. The van der Waals surface area contributed by atoms with Gasteiger partial charge in [-0.15, -0.1) is 0 Å². The first kappa shape index (κ1) is 21.0. The van der Waals surface area contributed by atoms with Crippen LogP contribution < -0.4 is 10.1 Å². The minimum absolute atomic E-state index is 0.0342. The Balaban J connectivity index is 1.96. The Hall–Kier alpha value is -2.32. The molecule has 1 aromatic rings. The van der Waals surface area contributed by atoms with Crippen LogP contribution in [-0.2, 0) is 9.59 Å². The van der Waals surface area contributed by atoms with Crippen molar-refractivity contribution >= 4 is 11.9 Å². The number of nitrogens with one attached hydrogen (secondary N) is 1. The molecule has 1 unspecified atom stereocenters. The van der Waals surface area contributed by atoms with Crippen LogP contribution in [0.4, 0.5) is 17.6 Å². The molecule has 1 atom stereocenters. The zero-order valence-corrected chi connectivity index (χ0v) is 14.7. The molecule has 9 heteroatoms. The first-order chi connectivity index (χ1) is 12.6. The van der Waals surface area contributed by atoms with Crippen molar-refractivity contribution in [3.05, 3.63) is 29.6 Å². The van der Waals surface area contributed by atoms with Crippen molar-refractivity contribution in [2.75, 3.05) is 7.11 Å². The lowest BCUT2D eigenvalue weighted by Crippen LogP contribution is -2.36. The van der Waals surface area contributed by atoms with Crippen molar-refractivity contribution in [2.24, 2.45) is 11.8 Å². The molecule has 1 fully saturated rings. The van der Waals surface area contributed by atoms with Gasteiger partial charge in [0.2, 0.25) is 5.91 Å².